The Morgan fingerprint density at radius 2 is 1.88 bits per heavy atom. The molecule has 96 valence electrons. The molecule has 0 bridgehead atoms. The molecule has 1 rings (SSSR count). The molecule has 0 radical (unpaired) electrons. The van der Waals surface area contributed by atoms with Crippen molar-refractivity contribution in [1.29, 1.82) is 0 Å². The first-order valence-electron chi connectivity index (χ1n) is 7.09. The summed E-state index contributed by atoms with van der Waals surface area (Å²) >= 11 is 0. The number of hydrogen-bond acceptors (Lipinski definition) is 2. The van der Waals surface area contributed by atoms with Crippen molar-refractivity contribution in [2.24, 2.45) is 17.6 Å². The van der Waals surface area contributed by atoms with E-state index in [-0.39, 0.29) is 0 Å². The van der Waals surface area contributed by atoms with Crippen molar-refractivity contribution < 1.29 is 0 Å². The molecular weight excluding hydrogens is 196 g/mol. The van der Waals surface area contributed by atoms with E-state index in [1.807, 2.05) is 0 Å². The Bertz CT molecular complexity index is 176. The molecule has 0 saturated heterocycles. The summed E-state index contributed by atoms with van der Waals surface area (Å²) in [6.07, 6.45) is 8.43. The summed E-state index contributed by atoms with van der Waals surface area (Å²) in [5.74, 6) is 1.65. The van der Waals surface area contributed by atoms with E-state index in [2.05, 4.69) is 25.8 Å². The van der Waals surface area contributed by atoms with Crippen LogP contribution in [0.3, 0.4) is 0 Å². The smallest absolute Gasteiger partial charge is 0.0240 e. The molecule has 1 saturated carbocycles. The Kier molecular flexibility index (Phi) is 6.37. The van der Waals surface area contributed by atoms with Gasteiger partial charge in [-0.1, -0.05) is 39.5 Å². The van der Waals surface area contributed by atoms with Gasteiger partial charge in [-0.15, -0.1) is 0 Å². The van der Waals surface area contributed by atoms with Crippen LogP contribution in [0.25, 0.3) is 0 Å². The summed E-state index contributed by atoms with van der Waals surface area (Å²) in [7, 11) is 2.26. The van der Waals surface area contributed by atoms with Gasteiger partial charge in [-0.3, -0.25) is 0 Å². The van der Waals surface area contributed by atoms with Crippen LogP contribution in [-0.4, -0.2) is 31.1 Å². The molecular formula is C14H30N2. The van der Waals surface area contributed by atoms with Crippen molar-refractivity contribution >= 4 is 0 Å². The van der Waals surface area contributed by atoms with Crippen molar-refractivity contribution in [2.45, 2.75) is 58.4 Å². The maximum absolute atomic E-state index is 5.91. The SMILES string of the molecule is CCC(C)C(CN)N(C)CC1CCCCC1. The van der Waals surface area contributed by atoms with Crippen LogP contribution < -0.4 is 5.73 Å². The van der Waals surface area contributed by atoms with Crippen LogP contribution in [0.4, 0.5) is 0 Å². The number of rotatable bonds is 6. The summed E-state index contributed by atoms with van der Waals surface area (Å²) in [5, 5.41) is 0. The third kappa shape index (κ3) is 4.06. The molecule has 2 atom stereocenters. The summed E-state index contributed by atoms with van der Waals surface area (Å²) in [5.41, 5.74) is 5.91. The van der Waals surface area contributed by atoms with Gasteiger partial charge in [0.05, 0.1) is 0 Å². The maximum Gasteiger partial charge on any atom is 0.0240 e. The Balaban J connectivity index is 2.38. The third-order valence-corrected chi connectivity index (χ3v) is 4.38. The minimum Gasteiger partial charge on any atom is -0.329 e. The van der Waals surface area contributed by atoms with Gasteiger partial charge < -0.3 is 10.6 Å². The number of likely N-dealkylation sites (N-methyl/N-ethyl adjacent to an activating group) is 1. The molecule has 0 aliphatic heterocycles. The number of nitrogens with zero attached hydrogens (tertiary/aromatic N) is 1. The normalized spacial score (nSPS) is 22.3. The molecule has 2 nitrogen and oxygen atoms in total. The van der Waals surface area contributed by atoms with E-state index in [1.165, 1.54) is 45.1 Å². The second kappa shape index (κ2) is 7.29. The van der Waals surface area contributed by atoms with E-state index < -0.39 is 0 Å². The van der Waals surface area contributed by atoms with Gasteiger partial charge in [-0.25, -0.2) is 0 Å². The van der Waals surface area contributed by atoms with Gasteiger partial charge in [-0.05, 0) is 31.7 Å². The lowest BCUT2D eigenvalue weighted by atomic mass is 9.88. The Labute approximate surface area is 102 Å². The molecule has 0 aromatic rings. The van der Waals surface area contributed by atoms with E-state index in [0.717, 1.165) is 18.4 Å². The topological polar surface area (TPSA) is 29.3 Å². The van der Waals surface area contributed by atoms with Gasteiger partial charge in [-0.2, -0.15) is 0 Å². The van der Waals surface area contributed by atoms with Crippen LogP contribution in [-0.2, 0) is 0 Å². The Hall–Kier alpha value is -0.0800. The van der Waals surface area contributed by atoms with Crippen molar-refractivity contribution in [1.82, 2.24) is 4.90 Å². The van der Waals surface area contributed by atoms with Crippen LogP contribution in [0.1, 0.15) is 52.4 Å². The van der Waals surface area contributed by atoms with Gasteiger partial charge in [0, 0.05) is 19.1 Å². The van der Waals surface area contributed by atoms with Crippen molar-refractivity contribution in [3.05, 3.63) is 0 Å². The molecule has 2 unspecified atom stereocenters. The molecule has 2 N–H and O–H groups in total. The molecule has 0 spiro atoms. The molecule has 0 aromatic carbocycles. The van der Waals surface area contributed by atoms with E-state index in [1.54, 1.807) is 0 Å². The lowest BCUT2D eigenvalue weighted by molar-refractivity contribution is 0.145. The highest BCUT2D eigenvalue weighted by Gasteiger charge is 2.22. The predicted octanol–water partition coefficient (Wildman–Crippen LogP) is 2.87. The first-order chi connectivity index (χ1) is 7.69. The fraction of sp³-hybridized carbons (Fsp3) is 1.00. The number of nitrogens with two attached hydrogens (primary N) is 1. The summed E-state index contributed by atoms with van der Waals surface area (Å²) in [4.78, 5) is 2.52. The second-order valence-corrected chi connectivity index (χ2v) is 5.63. The molecule has 2 heteroatoms. The molecule has 1 aliphatic rings. The molecule has 1 fully saturated rings. The van der Waals surface area contributed by atoms with Gasteiger partial charge in [0.25, 0.3) is 0 Å². The molecule has 16 heavy (non-hydrogen) atoms. The average molecular weight is 226 g/mol. The molecule has 0 heterocycles. The highest BCUT2D eigenvalue weighted by atomic mass is 15.1. The van der Waals surface area contributed by atoms with Crippen LogP contribution in [0.5, 0.6) is 0 Å². The van der Waals surface area contributed by atoms with E-state index in [0.29, 0.717) is 6.04 Å². The highest BCUT2D eigenvalue weighted by molar-refractivity contribution is 4.78. The predicted molar refractivity (Wildman–Crippen MR) is 71.5 cm³/mol. The van der Waals surface area contributed by atoms with Gasteiger partial charge >= 0.3 is 0 Å². The fourth-order valence-corrected chi connectivity index (χ4v) is 3.03. The summed E-state index contributed by atoms with van der Waals surface area (Å²) < 4.78 is 0. The van der Waals surface area contributed by atoms with Crippen LogP contribution in [0.15, 0.2) is 0 Å². The largest absolute Gasteiger partial charge is 0.329 e. The highest BCUT2D eigenvalue weighted by Crippen LogP contribution is 2.25. The van der Waals surface area contributed by atoms with Gasteiger partial charge in [0.2, 0.25) is 0 Å². The third-order valence-electron chi connectivity index (χ3n) is 4.38. The van der Waals surface area contributed by atoms with Crippen molar-refractivity contribution in [2.75, 3.05) is 20.1 Å². The number of hydrogen-bond donors (Lipinski definition) is 1. The lowest BCUT2D eigenvalue weighted by Crippen LogP contribution is -2.44. The Morgan fingerprint density at radius 1 is 1.25 bits per heavy atom. The minimum atomic E-state index is 0.576. The van der Waals surface area contributed by atoms with Crippen LogP contribution >= 0.6 is 0 Å². The zero-order valence-electron chi connectivity index (χ0n) is 11.4. The van der Waals surface area contributed by atoms with Crippen LogP contribution in [0.2, 0.25) is 0 Å². The standard InChI is InChI=1S/C14H30N2/c1-4-12(2)14(10-15)16(3)11-13-8-6-5-7-9-13/h12-14H,4-11,15H2,1-3H3. The molecule has 0 amide bonds. The fourth-order valence-electron chi connectivity index (χ4n) is 3.03. The minimum absolute atomic E-state index is 0.576. The van der Waals surface area contributed by atoms with Crippen molar-refractivity contribution in [3.63, 3.8) is 0 Å². The van der Waals surface area contributed by atoms with E-state index in [9.17, 15) is 0 Å². The molecule has 1 aliphatic carbocycles. The monoisotopic (exact) mass is 226 g/mol. The first-order valence-corrected chi connectivity index (χ1v) is 7.09. The zero-order valence-corrected chi connectivity index (χ0v) is 11.4. The quantitative estimate of drug-likeness (QED) is 0.754. The lowest BCUT2D eigenvalue weighted by Gasteiger charge is -2.35. The zero-order chi connectivity index (χ0) is 12.0. The summed E-state index contributed by atoms with van der Waals surface area (Å²) in [6.45, 7) is 6.65. The molecule has 0 aromatic heterocycles. The first kappa shape index (κ1) is 14.0. The van der Waals surface area contributed by atoms with Gasteiger partial charge in [0.1, 0.15) is 0 Å². The van der Waals surface area contributed by atoms with Gasteiger partial charge in [0.15, 0.2) is 0 Å². The van der Waals surface area contributed by atoms with E-state index >= 15 is 0 Å². The maximum atomic E-state index is 5.91. The second-order valence-electron chi connectivity index (χ2n) is 5.63. The summed E-state index contributed by atoms with van der Waals surface area (Å²) in [6, 6.07) is 0.576. The average Bonchev–Trinajstić information content (AvgIpc) is 2.31. The van der Waals surface area contributed by atoms with Crippen molar-refractivity contribution in [3.8, 4) is 0 Å². The van der Waals surface area contributed by atoms with Crippen LogP contribution in [0, 0.1) is 11.8 Å². The Morgan fingerprint density at radius 3 is 2.38 bits per heavy atom. The van der Waals surface area contributed by atoms with E-state index in [4.69, 9.17) is 5.73 Å².